The largest absolute Gasteiger partial charge is 0.481 e. The van der Waals surface area contributed by atoms with E-state index in [1.807, 2.05) is 20.8 Å². The third kappa shape index (κ3) is 4.99. The maximum atomic E-state index is 12.2. The fourth-order valence-electron chi connectivity index (χ4n) is 3.02. The van der Waals surface area contributed by atoms with Crippen LogP contribution in [0.3, 0.4) is 0 Å². The topological polar surface area (TPSA) is 69.6 Å². The molecule has 2 atom stereocenters. The summed E-state index contributed by atoms with van der Waals surface area (Å²) in [4.78, 5) is 25.4. The molecule has 0 spiro atoms. The number of carbonyl (C=O) groups is 2. The molecule has 120 valence electrons. The Morgan fingerprint density at radius 2 is 1.90 bits per heavy atom. The van der Waals surface area contributed by atoms with Crippen LogP contribution in [0.25, 0.3) is 0 Å². The molecular weight excluding hydrogens is 268 g/mol. The summed E-state index contributed by atoms with van der Waals surface area (Å²) in [5, 5.41) is 12.0. The summed E-state index contributed by atoms with van der Waals surface area (Å²) in [6.45, 7) is 7.67. The minimum Gasteiger partial charge on any atom is -0.481 e. The van der Waals surface area contributed by atoms with E-state index in [-0.39, 0.29) is 23.8 Å². The standard InChI is InChI=1S/C16H28N2O3/c1-16(2,3)15(21)17-12-8-11(4-7-14(19)20)9-18(10-12)13-5-6-13/h11-13H,4-10H2,1-3H3,(H,17,21)(H,19,20). The van der Waals surface area contributed by atoms with Crippen molar-refractivity contribution in [3.8, 4) is 0 Å². The van der Waals surface area contributed by atoms with Gasteiger partial charge in [-0.3, -0.25) is 14.5 Å². The van der Waals surface area contributed by atoms with Crippen LogP contribution < -0.4 is 5.32 Å². The quantitative estimate of drug-likeness (QED) is 0.812. The van der Waals surface area contributed by atoms with Crippen molar-refractivity contribution in [3.05, 3.63) is 0 Å². The van der Waals surface area contributed by atoms with E-state index in [0.29, 0.717) is 18.4 Å². The molecule has 2 N–H and O–H groups in total. The molecule has 0 aromatic carbocycles. The van der Waals surface area contributed by atoms with Crippen LogP contribution in [-0.4, -0.2) is 47.1 Å². The molecule has 1 aliphatic heterocycles. The highest BCUT2D eigenvalue weighted by Crippen LogP contribution is 2.32. The van der Waals surface area contributed by atoms with Crippen molar-refractivity contribution in [3.63, 3.8) is 0 Å². The number of carboxylic acid groups (broad SMARTS) is 1. The number of amides is 1. The molecule has 1 saturated heterocycles. The molecule has 0 aromatic rings. The lowest BCUT2D eigenvalue weighted by molar-refractivity contribution is -0.137. The maximum absolute atomic E-state index is 12.2. The first-order chi connectivity index (χ1) is 9.75. The minimum atomic E-state index is -0.728. The Labute approximate surface area is 127 Å². The van der Waals surface area contributed by atoms with Gasteiger partial charge in [-0.15, -0.1) is 0 Å². The molecule has 2 aliphatic rings. The number of carbonyl (C=O) groups excluding carboxylic acids is 1. The lowest BCUT2D eigenvalue weighted by Gasteiger charge is -2.39. The first-order valence-corrected chi connectivity index (χ1v) is 8.02. The predicted molar refractivity (Wildman–Crippen MR) is 81.0 cm³/mol. The number of likely N-dealkylation sites (tertiary alicyclic amines) is 1. The first kappa shape index (κ1) is 16.3. The normalized spacial score (nSPS) is 27.4. The number of hydrogen-bond acceptors (Lipinski definition) is 3. The summed E-state index contributed by atoms with van der Waals surface area (Å²) in [6.07, 6.45) is 4.32. The zero-order valence-corrected chi connectivity index (χ0v) is 13.4. The number of carboxylic acids is 1. The van der Waals surface area contributed by atoms with Gasteiger partial charge in [0, 0.05) is 37.0 Å². The third-order valence-electron chi connectivity index (χ3n) is 4.41. The molecule has 1 heterocycles. The minimum absolute atomic E-state index is 0.0853. The maximum Gasteiger partial charge on any atom is 0.303 e. The molecule has 2 fully saturated rings. The summed E-state index contributed by atoms with van der Waals surface area (Å²) in [5.41, 5.74) is -0.377. The van der Waals surface area contributed by atoms with Crippen molar-refractivity contribution in [1.82, 2.24) is 10.2 Å². The van der Waals surface area contributed by atoms with Crippen LogP contribution in [0.5, 0.6) is 0 Å². The second-order valence-corrected chi connectivity index (χ2v) is 7.64. The van der Waals surface area contributed by atoms with Crippen LogP contribution in [0.15, 0.2) is 0 Å². The number of nitrogens with one attached hydrogen (secondary N) is 1. The zero-order chi connectivity index (χ0) is 15.6. The van der Waals surface area contributed by atoms with E-state index < -0.39 is 5.97 Å². The highest BCUT2D eigenvalue weighted by atomic mass is 16.4. The molecule has 0 aromatic heterocycles. The van der Waals surface area contributed by atoms with Gasteiger partial charge < -0.3 is 10.4 Å². The zero-order valence-electron chi connectivity index (χ0n) is 13.4. The van der Waals surface area contributed by atoms with Crippen molar-refractivity contribution >= 4 is 11.9 Å². The molecule has 5 nitrogen and oxygen atoms in total. The van der Waals surface area contributed by atoms with Gasteiger partial charge in [0.25, 0.3) is 0 Å². The molecule has 1 saturated carbocycles. The molecule has 1 aliphatic carbocycles. The van der Waals surface area contributed by atoms with Crippen LogP contribution in [0, 0.1) is 11.3 Å². The number of aliphatic carboxylic acids is 1. The Morgan fingerprint density at radius 3 is 2.43 bits per heavy atom. The lowest BCUT2D eigenvalue weighted by Crippen LogP contribution is -2.53. The average Bonchev–Trinajstić information content (AvgIpc) is 3.19. The Morgan fingerprint density at radius 1 is 1.24 bits per heavy atom. The Bertz CT molecular complexity index is 399. The smallest absolute Gasteiger partial charge is 0.303 e. The molecule has 21 heavy (non-hydrogen) atoms. The van der Waals surface area contributed by atoms with Crippen molar-refractivity contribution in [1.29, 1.82) is 0 Å². The molecule has 2 rings (SSSR count). The second kappa shape index (κ2) is 6.34. The SMILES string of the molecule is CC(C)(C)C(=O)NC1CC(CCC(=O)O)CN(C2CC2)C1. The van der Waals surface area contributed by atoms with Crippen molar-refractivity contribution in [2.45, 2.75) is 65.0 Å². The van der Waals surface area contributed by atoms with E-state index in [2.05, 4.69) is 10.2 Å². The van der Waals surface area contributed by atoms with Crippen molar-refractivity contribution < 1.29 is 14.7 Å². The number of rotatable bonds is 5. The van der Waals surface area contributed by atoms with E-state index in [4.69, 9.17) is 5.11 Å². The predicted octanol–water partition coefficient (Wildman–Crippen LogP) is 1.87. The average molecular weight is 296 g/mol. The summed E-state index contributed by atoms with van der Waals surface area (Å²) < 4.78 is 0. The monoisotopic (exact) mass is 296 g/mol. The van der Waals surface area contributed by atoms with Gasteiger partial charge >= 0.3 is 5.97 Å². The van der Waals surface area contributed by atoms with Gasteiger partial charge in [-0.2, -0.15) is 0 Å². The van der Waals surface area contributed by atoms with E-state index >= 15 is 0 Å². The summed E-state index contributed by atoms with van der Waals surface area (Å²) in [5.74, 6) is -0.267. The van der Waals surface area contributed by atoms with Gasteiger partial charge in [0.15, 0.2) is 0 Å². The van der Waals surface area contributed by atoms with Gasteiger partial charge in [-0.05, 0) is 31.6 Å². The molecule has 5 heteroatoms. The van der Waals surface area contributed by atoms with E-state index in [0.717, 1.165) is 19.5 Å². The van der Waals surface area contributed by atoms with Gasteiger partial charge in [-0.1, -0.05) is 20.8 Å². The fraction of sp³-hybridized carbons (Fsp3) is 0.875. The van der Waals surface area contributed by atoms with Gasteiger partial charge in [0.2, 0.25) is 5.91 Å². The Kier molecular flexibility index (Phi) is 4.91. The van der Waals surface area contributed by atoms with E-state index in [9.17, 15) is 9.59 Å². The molecule has 1 amide bonds. The molecule has 0 bridgehead atoms. The van der Waals surface area contributed by atoms with Gasteiger partial charge in [0.05, 0.1) is 0 Å². The van der Waals surface area contributed by atoms with Crippen molar-refractivity contribution in [2.24, 2.45) is 11.3 Å². The van der Waals surface area contributed by atoms with Crippen LogP contribution in [0.2, 0.25) is 0 Å². The highest BCUT2D eigenvalue weighted by Gasteiger charge is 2.37. The third-order valence-corrected chi connectivity index (χ3v) is 4.41. The number of nitrogens with zero attached hydrogens (tertiary/aromatic N) is 1. The number of hydrogen-bond donors (Lipinski definition) is 2. The van der Waals surface area contributed by atoms with E-state index in [1.165, 1.54) is 12.8 Å². The summed E-state index contributed by atoms with van der Waals surface area (Å²) in [7, 11) is 0. The number of piperidine rings is 1. The molecule has 2 unspecified atom stereocenters. The van der Waals surface area contributed by atoms with E-state index in [1.54, 1.807) is 0 Å². The lowest BCUT2D eigenvalue weighted by atomic mass is 9.88. The van der Waals surface area contributed by atoms with Crippen LogP contribution >= 0.6 is 0 Å². The Hall–Kier alpha value is -1.10. The van der Waals surface area contributed by atoms with Crippen molar-refractivity contribution in [2.75, 3.05) is 13.1 Å². The summed E-state index contributed by atoms with van der Waals surface area (Å²) in [6, 6.07) is 0.816. The van der Waals surface area contributed by atoms with Crippen LogP contribution in [-0.2, 0) is 9.59 Å². The highest BCUT2D eigenvalue weighted by molar-refractivity contribution is 5.81. The molecule has 0 radical (unpaired) electrons. The first-order valence-electron chi connectivity index (χ1n) is 8.02. The molecular formula is C16H28N2O3. The fourth-order valence-corrected chi connectivity index (χ4v) is 3.02. The van der Waals surface area contributed by atoms with Gasteiger partial charge in [0.1, 0.15) is 0 Å². The van der Waals surface area contributed by atoms with Crippen LogP contribution in [0.4, 0.5) is 0 Å². The van der Waals surface area contributed by atoms with Crippen LogP contribution in [0.1, 0.15) is 52.9 Å². The van der Waals surface area contributed by atoms with Gasteiger partial charge in [-0.25, -0.2) is 0 Å². The Balaban J connectivity index is 1.92. The summed E-state index contributed by atoms with van der Waals surface area (Å²) >= 11 is 0. The second-order valence-electron chi connectivity index (χ2n) is 7.64.